The van der Waals surface area contributed by atoms with E-state index in [1.807, 2.05) is 0 Å². The summed E-state index contributed by atoms with van der Waals surface area (Å²) in [5, 5.41) is 4.20. The van der Waals surface area contributed by atoms with Crippen molar-refractivity contribution in [3.8, 4) is 0 Å². The van der Waals surface area contributed by atoms with E-state index in [-0.39, 0.29) is 0 Å². The van der Waals surface area contributed by atoms with Gasteiger partial charge in [-0.3, -0.25) is 4.90 Å². The van der Waals surface area contributed by atoms with E-state index >= 15 is 0 Å². The van der Waals surface area contributed by atoms with Crippen LogP contribution in [0, 0.1) is 0 Å². The molecule has 2 heterocycles. The van der Waals surface area contributed by atoms with Crippen LogP contribution in [0.1, 0.15) is 19.8 Å². The van der Waals surface area contributed by atoms with Crippen molar-refractivity contribution in [2.45, 2.75) is 25.8 Å². The quantitative estimate of drug-likeness (QED) is 0.576. The number of aromatic nitrogens is 1. The fourth-order valence-electron chi connectivity index (χ4n) is 2.45. The standard InChI is InChI=1S/C12H19Cl2N5/c1-2-19-5-3-4-8(19)7-16-11-9(13)6-10(14)12(17-11)18-15/h6,8H,2-5,7,15H2,1H3,(H2,16,17,18). The topological polar surface area (TPSA) is 66.2 Å². The Balaban J connectivity index is 2.03. The van der Waals surface area contributed by atoms with Crippen molar-refractivity contribution in [1.29, 1.82) is 0 Å². The molecule has 106 valence electrons. The molecule has 1 unspecified atom stereocenters. The summed E-state index contributed by atoms with van der Waals surface area (Å²) in [6.07, 6.45) is 2.45. The molecule has 1 aliphatic rings. The van der Waals surface area contributed by atoms with Gasteiger partial charge in [0.25, 0.3) is 0 Å². The largest absolute Gasteiger partial charge is 0.367 e. The van der Waals surface area contributed by atoms with Gasteiger partial charge in [0.15, 0.2) is 5.82 Å². The highest BCUT2D eigenvalue weighted by atomic mass is 35.5. The maximum atomic E-state index is 6.12. The minimum Gasteiger partial charge on any atom is -0.367 e. The van der Waals surface area contributed by atoms with E-state index in [1.165, 1.54) is 19.4 Å². The highest BCUT2D eigenvalue weighted by molar-refractivity contribution is 6.37. The Morgan fingerprint density at radius 3 is 2.84 bits per heavy atom. The molecule has 1 atom stereocenters. The molecule has 1 aromatic heterocycles. The van der Waals surface area contributed by atoms with E-state index in [2.05, 4.69) is 27.6 Å². The van der Waals surface area contributed by atoms with Crippen LogP contribution in [0.5, 0.6) is 0 Å². The summed E-state index contributed by atoms with van der Waals surface area (Å²) in [7, 11) is 0. The third-order valence-corrected chi connectivity index (χ3v) is 4.05. The monoisotopic (exact) mass is 303 g/mol. The molecule has 1 aliphatic heterocycles. The molecular formula is C12H19Cl2N5. The maximum Gasteiger partial charge on any atom is 0.161 e. The van der Waals surface area contributed by atoms with Gasteiger partial charge in [-0.1, -0.05) is 30.1 Å². The first-order chi connectivity index (χ1) is 9.15. The number of hydrogen-bond donors (Lipinski definition) is 3. The second kappa shape index (κ2) is 6.61. The number of rotatable bonds is 5. The molecule has 7 heteroatoms. The Hall–Kier alpha value is -0.750. The van der Waals surface area contributed by atoms with Crippen molar-refractivity contribution in [1.82, 2.24) is 9.88 Å². The molecular weight excluding hydrogens is 285 g/mol. The molecule has 4 N–H and O–H groups in total. The second-order valence-electron chi connectivity index (χ2n) is 4.60. The third-order valence-electron chi connectivity index (χ3n) is 3.48. The van der Waals surface area contributed by atoms with Gasteiger partial charge in [0.2, 0.25) is 0 Å². The molecule has 0 radical (unpaired) electrons. The summed E-state index contributed by atoms with van der Waals surface area (Å²) in [5.41, 5.74) is 2.46. The van der Waals surface area contributed by atoms with Gasteiger partial charge in [0.1, 0.15) is 5.82 Å². The lowest BCUT2D eigenvalue weighted by molar-refractivity contribution is 0.277. The number of likely N-dealkylation sites (tertiary alicyclic amines) is 1. The van der Waals surface area contributed by atoms with Crippen LogP contribution in [-0.4, -0.2) is 35.6 Å². The number of hydrogen-bond acceptors (Lipinski definition) is 5. The molecule has 0 aromatic carbocycles. The Kier molecular flexibility index (Phi) is 5.10. The molecule has 19 heavy (non-hydrogen) atoms. The molecule has 0 amide bonds. The number of nitrogens with zero attached hydrogens (tertiary/aromatic N) is 2. The Bertz CT molecular complexity index is 440. The van der Waals surface area contributed by atoms with Crippen LogP contribution in [-0.2, 0) is 0 Å². The predicted octanol–water partition coefficient (Wildman–Crippen LogP) is 2.57. The molecule has 2 rings (SSSR count). The highest BCUT2D eigenvalue weighted by Gasteiger charge is 2.23. The Morgan fingerprint density at radius 2 is 2.16 bits per heavy atom. The normalized spacial score (nSPS) is 19.7. The fraction of sp³-hybridized carbons (Fsp3) is 0.583. The average molecular weight is 304 g/mol. The summed E-state index contributed by atoms with van der Waals surface area (Å²) in [6, 6.07) is 2.17. The van der Waals surface area contributed by atoms with Crippen molar-refractivity contribution in [3.63, 3.8) is 0 Å². The van der Waals surface area contributed by atoms with Crippen LogP contribution in [0.25, 0.3) is 0 Å². The van der Waals surface area contributed by atoms with E-state index in [1.54, 1.807) is 6.07 Å². The number of nitrogen functional groups attached to an aromatic ring is 1. The van der Waals surface area contributed by atoms with Crippen LogP contribution in [0.2, 0.25) is 10.0 Å². The smallest absolute Gasteiger partial charge is 0.161 e. The molecule has 0 saturated carbocycles. The summed E-state index contributed by atoms with van der Waals surface area (Å²) in [4.78, 5) is 6.73. The number of likely N-dealkylation sites (N-methyl/N-ethyl adjacent to an activating group) is 1. The summed E-state index contributed by atoms with van der Waals surface area (Å²) in [5.74, 6) is 6.39. The number of halogens is 2. The lowest BCUT2D eigenvalue weighted by atomic mass is 10.2. The van der Waals surface area contributed by atoms with Crippen LogP contribution in [0.3, 0.4) is 0 Å². The first-order valence-electron chi connectivity index (χ1n) is 6.46. The summed E-state index contributed by atoms with van der Waals surface area (Å²) in [6.45, 7) is 5.25. The molecule has 0 spiro atoms. The second-order valence-corrected chi connectivity index (χ2v) is 5.41. The van der Waals surface area contributed by atoms with Gasteiger partial charge < -0.3 is 10.7 Å². The first-order valence-corrected chi connectivity index (χ1v) is 7.21. The van der Waals surface area contributed by atoms with Crippen molar-refractivity contribution in [3.05, 3.63) is 16.1 Å². The number of anilines is 2. The number of hydrazine groups is 1. The van der Waals surface area contributed by atoms with Crippen molar-refractivity contribution >= 4 is 34.8 Å². The van der Waals surface area contributed by atoms with Crippen molar-refractivity contribution in [2.75, 3.05) is 30.4 Å². The lowest BCUT2D eigenvalue weighted by Gasteiger charge is -2.23. The van der Waals surface area contributed by atoms with Crippen LogP contribution < -0.4 is 16.6 Å². The molecule has 0 bridgehead atoms. The summed E-state index contributed by atoms with van der Waals surface area (Å²) >= 11 is 12.1. The summed E-state index contributed by atoms with van der Waals surface area (Å²) < 4.78 is 0. The van der Waals surface area contributed by atoms with Crippen LogP contribution in [0.15, 0.2) is 6.07 Å². The van der Waals surface area contributed by atoms with Gasteiger partial charge in [0, 0.05) is 12.6 Å². The van der Waals surface area contributed by atoms with Gasteiger partial charge in [-0.05, 0) is 32.0 Å². The van der Waals surface area contributed by atoms with Gasteiger partial charge in [-0.2, -0.15) is 0 Å². The average Bonchev–Trinajstić information content (AvgIpc) is 2.85. The maximum absolute atomic E-state index is 6.12. The Labute approximate surface area is 123 Å². The SMILES string of the molecule is CCN1CCCC1CNc1nc(NN)c(Cl)cc1Cl. The minimum absolute atomic E-state index is 0.411. The van der Waals surface area contributed by atoms with Crippen LogP contribution in [0.4, 0.5) is 11.6 Å². The zero-order valence-corrected chi connectivity index (χ0v) is 12.4. The van der Waals surface area contributed by atoms with E-state index < -0.39 is 0 Å². The van der Waals surface area contributed by atoms with Gasteiger partial charge >= 0.3 is 0 Å². The van der Waals surface area contributed by atoms with Gasteiger partial charge in [0.05, 0.1) is 10.0 Å². The van der Waals surface area contributed by atoms with E-state index in [4.69, 9.17) is 29.0 Å². The number of nitrogens with one attached hydrogen (secondary N) is 2. The molecule has 5 nitrogen and oxygen atoms in total. The number of nitrogens with two attached hydrogens (primary N) is 1. The molecule has 0 aliphatic carbocycles. The lowest BCUT2D eigenvalue weighted by Crippen LogP contribution is -2.34. The zero-order valence-electron chi connectivity index (χ0n) is 10.9. The molecule has 1 fully saturated rings. The third kappa shape index (κ3) is 3.42. The van der Waals surface area contributed by atoms with Crippen molar-refractivity contribution in [2.24, 2.45) is 5.84 Å². The predicted molar refractivity (Wildman–Crippen MR) is 80.8 cm³/mol. The van der Waals surface area contributed by atoms with Crippen LogP contribution >= 0.6 is 23.2 Å². The minimum atomic E-state index is 0.411. The zero-order chi connectivity index (χ0) is 13.8. The molecule has 1 saturated heterocycles. The highest BCUT2D eigenvalue weighted by Crippen LogP contribution is 2.29. The number of pyridine rings is 1. The van der Waals surface area contributed by atoms with E-state index in [0.29, 0.717) is 27.7 Å². The fourth-order valence-corrected chi connectivity index (χ4v) is 2.93. The first kappa shape index (κ1) is 14.7. The molecule has 1 aromatic rings. The van der Waals surface area contributed by atoms with Crippen molar-refractivity contribution < 1.29 is 0 Å². The Morgan fingerprint density at radius 1 is 1.42 bits per heavy atom. The van der Waals surface area contributed by atoms with E-state index in [0.717, 1.165) is 13.1 Å². The van der Waals surface area contributed by atoms with Gasteiger partial charge in [-0.25, -0.2) is 10.8 Å². The van der Waals surface area contributed by atoms with Gasteiger partial charge in [-0.15, -0.1) is 0 Å². The van der Waals surface area contributed by atoms with E-state index in [9.17, 15) is 0 Å².